The first kappa shape index (κ1) is 14.4. The Balaban J connectivity index is 1.77. The monoisotopic (exact) mass is 363 g/mol. The van der Waals surface area contributed by atoms with Gasteiger partial charge in [0.2, 0.25) is 0 Å². The number of thiophene rings is 1. The van der Waals surface area contributed by atoms with Crippen molar-refractivity contribution in [3.05, 3.63) is 61.9 Å². The summed E-state index contributed by atoms with van der Waals surface area (Å²) in [5.74, 6) is 0.657. The van der Waals surface area contributed by atoms with Crippen LogP contribution in [0.2, 0.25) is 0 Å². The lowest BCUT2D eigenvalue weighted by Gasteiger charge is -2.15. The molecule has 0 aliphatic heterocycles. The number of rotatable bonds is 4. The van der Waals surface area contributed by atoms with Crippen LogP contribution in [0, 0.1) is 0 Å². The zero-order valence-electron chi connectivity index (χ0n) is 11.4. The number of fused-ring (bicyclic) bond motifs is 1. The summed E-state index contributed by atoms with van der Waals surface area (Å²) in [6.07, 6.45) is 0. The predicted octanol–water partition coefficient (Wildman–Crippen LogP) is 3.60. The van der Waals surface area contributed by atoms with Gasteiger partial charge in [0.05, 0.1) is 12.1 Å². The molecule has 2 aromatic heterocycles. The Morgan fingerprint density at radius 3 is 3.00 bits per heavy atom. The van der Waals surface area contributed by atoms with Crippen LogP contribution in [0.3, 0.4) is 0 Å². The second kappa shape index (κ2) is 6.09. The molecule has 6 heteroatoms. The van der Waals surface area contributed by atoms with E-state index in [1.807, 2.05) is 29.6 Å². The van der Waals surface area contributed by atoms with Crippen molar-refractivity contribution < 1.29 is 0 Å². The van der Waals surface area contributed by atoms with Crippen molar-refractivity contribution in [2.24, 2.45) is 0 Å². The first-order chi connectivity index (χ1) is 10.1. The van der Waals surface area contributed by atoms with Crippen LogP contribution in [0.4, 0.5) is 0 Å². The zero-order valence-corrected chi connectivity index (χ0v) is 13.8. The van der Waals surface area contributed by atoms with E-state index in [9.17, 15) is 4.79 Å². The van der Waals surface area contributed by atoms with Gasteiger partial charge in [-0.3, -0.25) is 4.79 Å². The lowest BCUT2D eigenvalue weighted by molar-refractivity contribution is 0.558. The summed E-state index contributed by atoms with van der Waals surface area (Å²) in [7, 11) is 0. The molecule has 1 atom stereocenters. The van der Waals surface area contributed by atoms with Gasteiger partial charge in [0, 0.05) is 10.5 Å². The number of benzene rings is 1. The predicted molar refractivity (Wildman–Crippen MR) is 89.6 cm³/mol. The molecule has 1 aromatic carbocycles. The summed E-state index contributed by atoms with van der Waals surface area (Å²) < 4.78 is 1.75. The topological polar surface area (TPSA) is 57.8 Å². The van der Waals surface area contributed by atoms with Crippen LogP contribution in [0.1, 0.15) is 24.4 Å². The Morgan fingerprint density at radius 1 is 1.38 bits per heavy atom. The van der Waals surface area contributed by atoms with Gasteiger partial charge in [-0.05, 0) is 30.0 Å². The number of aromatic nitrogens is 2. The van der Waals surface area contributed by atoms with Gasteiger partial charge in [0.1, 0.15) is 10.5 Å². The fraction of sp³-hybridized carbons (Fsp3) is 0.200. The van der Waals surface area contributed by atoms with Crippen molar-refractivity contribution in [3.8, 4) is 0 Å². The molecular weight excluding hydrogens is 350 g/mol. The summed E-state index contributed by atoms with van der Waals surface area (Å²) >= 11 is 4.96. The zero-order chi connectivity index (χ0) is 14.8. The maximum absolute atomic E-state index is 11.9. The van der Waals surface area contributed by atoms with Gasteiger partial charge in [-0.1, -0.05) is 34.1 Å². The van der Waals surface area contributed by atoms with E-state index in [1.165, 1.54) is 16.9 Å². The maximum atomic E-state index is 11.9. The average molecular weight is 364 g/mol. The number of halogens is 1. The van der Waals surface area contributed by atoms with E-state index < -0.39 is 0 Å². The van der Waals surface area contributed by atoms with Crippen LogP contribution in [0.15, 0.2) is 45.0 Å². The molecule has 4 nitrogen and oxygen atoms in total. The number of H-pyrrole nitrogens is 1. The van der Waals surface area contributed by atoms with E-state index in [1.54, 1.807) is 0 Å². The molecule has 3 aromatic rings. The molecule has 0 unspecified atom stereocenters. The number of hydrogen-bond donors (Lipinski definition) is 2. The van der Waals surface area contributed by atoms with Crippen LogP contribution >= 0.6 is 27.3 Å². The molecular formula is C15H14BrN3OS. The highest BCUT2D eigenvalue weighted by atomic mass is 79.9. The SMILES string of the molecule is C[C@@H](NCc1nc2ccsc2c(=O)[nH]1)c1ccccc1Br. The minimum Gasteiger partial charge on any atom is -0.308 e. The normalized spacial score (nSPS) is 12.7. The van der Waals surface area contributed by atoms with E-state index in [2.05, 4.69) is 44.2 Å². The molecule has 108 valence electrons. The van der Waals surface area contributed by atoms with Crippen molar-refractivity contribution >= 4 is 37.5 Å². The molecule has 0 spiro atoms. The smallest absolute Gasteiger partial charge is 0.268 e. The van der Waals surface area contributed by atoms with E-state index in [0.717, 1.165) is 9.99 Å². The number of nitrogens with zero attached hydrogens (tertiary/aromatic N) is 1. The molecule has 0 aliphatic carbocycles. The number of nitrogens with one attached hydrogen (secondary N) is 2. The van der Waals surface area contributed by atoms with Crippen LogP contribution < -0.4 is 10.9 Å². The van der Waals surface area contributed by atoms with Crippen molar-refractivity contribution in [2.75, 3.05) is 0 Å². The van der Waals surface area contributed by atoms with Crippen molar-refractivity contribution in [3.63, 3.8) is 0 Å². The van der Waals surface area contributed by atoms with Crippen LogP contribution in [-0.2, 0) is 6.54 Å². The minimum absolute atomic E-state index is 0.0691. The van der Waals surface area contributed by atoms with Gasteiger partial charge in [0.15, 0.2) is 0 Å². The summed E-state index contributed by atoms with van der Waals surface area (Å²) in [4.78, 5) is 19.2. The van der Waals surface area contributed by atoms with Gasteiger partial charge in [-0.15, -0.1) is 11.3 Å². The Bertz CT molecular complexity index is 827. The third-order valence-corrected chi connectivity index (χ3v) is 4.94. The van der Waals surface area contributed by atoms with Gasteiger partial charge in [0.25, 0.3) is 5.56 Å². The highest BCUT2D eigenvalue weighted by molar-refractivity contribution is 9.10. The largest absolute Gasteiger partial charge is 0.308 e. The van der Waals surface area contributed by atoms with Crippen LogP contribution in [0.5, 0.6) is 0 Å². The lowest BCUT2D eigenvalue weighted by atomic mass is 10.1. The third kappa shape index (κ3) is 3.07. The van der Waals surface area contributed by atoms with Crippen molar-refractivity contribution in [1.82, 2.24) is 15.3 Å². The Hall–Kier alpha value is -1.50. The third-order valence-electron chi connectivity index (χ3n) is 3.31. The Labute approximate surface area is 134 Å². The summed E-state index contributed by atoms with van der Waals surface area (Å²) in [6.45, 7) is 2.60. The molecule has 0 amide bonds. The molecule has 2 heterocycles. The van der Waals surface area contributed by atoms with E-state index in [4.69, 9.17) is 0 Å². The minimum atomic E-state index is -0.0691. The van der Waals surface area contributed by atoms with Crippen LogP contribution in [0.25, 0.3) is 10.2 Å². The molecule has 0 aliphatic rings. The highest BCUT2D eigenvalue weighted by Crippen LogP contribution is 2.22. The second-order valence-electron chi connectivity index (χ2n) is 4.77. The molecule has 3 rings (SSSR count). The van der Waals surface area contributed by atoms with Gasteiger partial charge in [-0.2, -0.15) is 0 Å². The number of aromatic amines is 1. The summed E-state index contributed by atoms with van der Waals surface area (Å²) in [6, 6.07) is 10.1. The fourth-order valence-electron chi connectivity index (χ4n) is 2.19. The lowest BCUT2D eigenvalue weighted by Crippen LogP contribution is -2.22. The highest BCUT2D eigenvalue weighted by Gasteiger charge is 2.10. The van der Waals surface area contributed by atoms with E-state index in [0.29, 0.717) is 17.1 Å². The van der Waals surface area contributed by atoms with E-state index >= 15 is 0 Å². The molecule has 0 fully saturated rings. The Kier molecular flexibility index (Phi) is 4.19. The summed E-state index contributed by atoms with van der Waals surface area (Å²) in [5.41, 5.74) is 1.87. The maximum Gasteiger partial charge on any atom is 0.268 e. The molecule has 0 saturated heterocycles. The molecule has 2 N–H and O–H groups in total. The van der Waals surface area contributed by atoms with Gasteiger partial charge in [-0.25, -0.2) is 4.98 Å². The van der Waals surface area contributed by atoms with Crippen LogP contribution in [-0.4, -0.2) is 9.97 Å². The first-order valence-electron chi connectivity index (χ1n) is 6.59. The molecule has 21 heavy (non-hydrogen) atoms. The molecule has 0 saturated carbocycles. The molecule has 0 radical (unpaired) electrons. The quantitative estimate of drug-likeness (QED) is 0.744. The van der Waals surface area contributed by atoms with Crippen molar-refractivity contribution in [2.45, 2.75) is 19.5 Å². The average Bonchev–Trinajstić information content (AvgIpc) is 2.94. The van der Waals surface area contributed by atoms with Gasteiger partial charge >= 0.3 is 0 Å². The van der Waals surface area contributed by atoms with Crippen molar-refractivity contribution in [1.29, 1.82) is 0 Å². The fourth-order valence-corrected chi connectivity index (χ4v) is 3.55. The number of hydrogen-bond acceptors (Lipinski definition) is 4. The van der Waals surface area contributed by atoms with Gasteiger partial charge < -0.3 is 10.3 Å². The first-order valence-corrected chi connectivity index (χ1v) is 8.26. The standard InChI is InChI=1S/C15H14BrN3OS/c1-9(10-4-2-3-5-11(10)16)17-8-13-18-12-6-7-21-14(12)15(20)19-13/h2-7,9,17H,8H2,1H3,(H,18,19,20)/t9-/m1/s1. The Morgan fingerprint density at radius 2 is 2.19 bits per heavy atom. The second-order valence-corrected chi connectivity index (χ2v) is 6.54. The molecule has 0 bridgehead atoms. The van der Waals surface area contributed by atoms with E-state index in [-0.39, 0.29) is 11.6 Å². The summed E-state index contributed by atoms with van der Waals surface area (Å²) in [5, 5.41) is 5.26.